The van der Waals surface area contributed by atoms with Gasteiger partial charge in [0.15, 0.2) is 0 Å². The van der Waals surface area contributed by atoms with Crippen LogP contribution in [0.5, 0.6) is 0 Å². The van der Waals surface area contributed by atoms with Gasteiger partial charge in [0.05, 0.1) is 5.69 Å². The minimum absolute atomic E-state index is 0.135. The van der Waals surface area contributed by atoms with Crippen LogP contribution in [0.15, 0.2) is 22.7 Å². The molecule has 0 spiro atoms. The van der Waals surface area contributed by atoms with Crippen molar-refractivity contribution in [1.29, 1.82) is 0 Å². The highest BCUT2D eigenvalue weighted by Gasteiger charge is 2.19. The molecule has 1 aromatic carbocycles. The first-order valence-electron chi connectivity index (χ1n) is 5.61. The van der Waals surface area contributed by atoms with E-state index >= 15 is 0 Å². The molecule has 1 aliphatic rings. The van der Waals surface area contributed by atoms with Crippen LogP contribution in [0.25, 0.3) is 0 Å². The number of anilines is 1. The van der Waals surface area contributed by atoms with Gasteiger partial charge in [0.1, 0.15) is 5.82 Å². The molecule has 92 valence electrons. The minimum atomic E-state index is -0.419. The number of amides is 1. The summed E-state index contributed by atoms with van der Waals surface area (Å²) in [4.78, 5) is 11.7. The molecule has 5 heteroatoms. The first-order chi connectivity index (χ1) is 8.16. The van der Waals surface area contributed by atoms with E-state index in [-0.39, 0.29) is 11.6 Å². The number of para-hydroxylation sites is 1. The number of hydrogen-bond acceptors (Lipinski definition) is 2. The second kappa shape index (κ2) is 5.60. The van der Waals surface area contributed by atoms with E-state index in [2.05, 4.69) is 26.6 Å². The molecule has 0 saturated carbocycles. The van der Waals surface area contributed by atoms with Crippen LogP contribution in [0.2, 0.25) is 0 Å². The van der Waals surface area contributed by atoms with E-state index < -0.39 is 5.82 Å². The normalized spacial score (nSPS) is 19.3. The Morgan fingerprint density at radius 3 is 3.06 bits per heavy atom. The molecular formula is C12H14BrFN2O. The molecule has 2 rings (SSSR count). The van der Waals surface area contributed by atoms with E-state index in [1.54, 1.807) is 12.1 Å². The van der Waals surface area contributed by atoms with Gasteiger partial charge < -0.3 is 10.6 Å². The first kappa shape index (κ1) is 12.5. The Bertz CT molecular complexity index is 399. The fourth-order valence-corrected chi connectivity index (χ4v) is 2.40. The van der Waals surface area contributed by atoms with E-state index in [1.807, 2.05) is 0 Å². The molecule has 0 radical (unpaired) electrons. The molecule has 1 fully saturated rings. The largest absolute Gasteiger partial charge is 0.323 e. The summed E-state index contributed by atoms with van der Waals surface area (Å²) >= 11 is 3.22. The van der Waals surface area contributed by atoms with Gasteiger partial charge in [-0.15, -0.1) is 0 Å². The summed E-state index contributed by atoms with van der Waals surface area (Å²) in [6.07, 6.45) is 1.44. The van der Waals surface area contributed by atoms with Gasteiger partial charge in [0, 0.05) is 10.9 Å². The number of nitrogens with one attached hydrogen (secondary N) is 2. The maximum Gasteiger partial charge on any atom is 0.224 e. The lowest BCUT2D eigenvalue weighted by atomic mass is 10.0. The topological polar surface area (TPSA) is 41.1 Å². The van der Waals surface area contributed by atoms with Crippen molar-refractivity contribution in [2.24, 2.45) is 5.92 Å². The molecule has 1 unspecified atom stereocenters. The van der Waals surface area contributed by atoms with Crippen molar-refractivity contribution in [3.63, 3.8) is 0 Å². The average Bonchev–Trinajstić information content (AvgIpc) is 2.76. The molecule has 1 heterocycles. The molecule has 3 nitrogen and oxygen atoms in total. The van der Waals surface area contributed by atoms with Gasteiger partial charge in [0.2, 0.25) is 5.91 Å². The third-order valence-electron chi connectivity index (χ3n) is 2.86. The summed E-state index contributed by atoms with van der Waals surface area (Å²) in [7, 11) is 0. The van der Waals surface area contributed by atoms with Crippen molar-refractivity contribution in [3.8, 4) is 0 Å². The zero-order chi connectivity index (χ0) is 12.3. The summed E-state index contributed by atoms with van der Waals surface area (Å²) in [6.45, 7) is 1.83. The van der Waals surface area contributed by atoms with Crippen LogP contribution in [-0.4, -0.2) is 19.0 Å². The quantitative estimate of drug-likeness (QED) is 0.901. The number of carbonyl (C=O) groups excluding carboxylic acids is 1. The summed E-state index contributed by atoms with van der Waals surface area (Å²) < 4.78 is 14.0. The molecule has 1 aliphatic heterocycles. The standard InChI is InChI=1S/C12H14BrFN2O/c13-9-2-1-3-10(14)12(9)16-11(17)6-8-4-5-15-7-8/h1-3,8,15H,4-7H2,(H,16,17). The molecule has 17 heavy (non-hydrogen) atoms. The van der Waals surface area contributed by atoms with Gasteiger partial charge in [-0.1, -0.05) is 6.07 Å². The lowest BCUT2D eigenvalue weighted by molar-refractivity contribution is -0.117. The van der Waals surface area contributed by atoms with Gasteiger partial charge in [-0.3, -0.25) is 4.79 Å². The predicted molar refractivity (Wildman–Crippen MR) is 68.3 cm³/mol. The Morgan fingerprint density at radius 1 is 1.59 bits per heavy atom. The highest BCUT2D eigenvalue weighted by molar-refractivity contribution is 9.10. The Balaban J connectivity index is 1.97. The maximum atomic E-state index is 13.5. The van der Waals surface area contributed by atoms with Crippen LogP contribution >= 0.6 is 15.9 Å². The van der Waals surface area contributed by atoms with E-state index in [4.69, 9.17) is 0 Å². The van der Waals surface area contributed by atoms with Crippen LogP contribution < -0.4 is 10.6 Å². The molecule has 1 saturated heterocycles. The number of benzene rings is 1. The van der Waals surface area contributed by atoms with E-state index in [1.165, 1.54) is 6.07 Å². The number of carbonyl (C=O) groups is 1. The number of halogens is 2. The van der Waals surface area contributed by atoms with Crippen LogP contribution in [0, 0.1) is 11.7 Å². The SMILES string of the molecule is O=C(CC1CCNC1)Nc1c(F)cccc1Br. The highest BCUT2D eigenvalue weighted by Crippen LogP contribution is 2.25. The van der Waals surface area contributed by atoms with Crippen LogP contribution in [0.1, 0.15) is 12.8 Å². The minimum Gasteiger partial charge on any atom is -0.323 e. The highest BCUT2D eigenvalue weighted by atomic mass is 79.9. The van der Waals surface area contributed by atoms with Crippen LogP contribution in [0.3, 0.4) is 0 Å². The molecule has 0 aliphatic carbocycles. The number of hydrogen-bond donors (Lipinski definition) is 2. The summed E-state index contributed by atoms with van der Waals surface area (Å²) in [5, 5.41) is 5.82. The Labute approximate surface area is 108 Å². The van der Waals surface area contributed by atoms with Gasteiger partial charge in [-0.05, 0) is 53.5 Å². The van der Waals surface area contributed by atoms with Crippen molar-refractivity contribution in [1.82, 2.24) is 5.32 Å². The van der Waals surface area contributed by atoms with Crippen molar-refractivity contribution < 1.29 is 9.18 Å². The van der Waals surface area contributed by atoms with Gasteiger partial charge >= 0.3 is 0 Å². The Hall–Kier alpha value is -0.940. The summed E-state index contributed by atoms with van der Waals surface area (Å²) in [5.41, 5.74) is 0.225. The zero-order valence-electron chi connectivity index (χ0n) is 9.30. The Kier molecular flexibility index (Phi) is 4.12. The molecular weight excluding hydrogens is 287 g/mol. The van der Waals surface area contributed by atoms with Gasteiger partial charge in [0.25, 0.3) is 0 Å². The van der Waals surface area contributed by atoms with Crippen LogP contribution in [0.4, 0.5) is 10.1 Å². The molecule has 0 aromatic heterocycles. The molecule has 1 amide bonds. The monoisotopic (exact) mass is 300 g/mol. The van der Waals surface area contributed by atoms with Crippen LogP contribution in [-0.2, 0) is 4.79 Å². The zero-order valence-corrected chi connectivity index (χ0v) is 10.9. The molecule has 0 bridgehead atoms. The molecule has 2 N–H and O–H groups in total. The maximum absolute atomic E-state index is 13.5. The Morgan fingerprint density at radius 2 is 2.41 bits per heavy atom. The van der Waals surface area contributed by atoms with Gasteiger partial charge in [-0.2, -0.15) is 0 Å². The van der Waals surface area contributed by atoms with Gasteiger partial charge in [-0.25, -0.2) is 4.39 Å². The third-order valence-corrected chi connectivity index (χ3v) is 3.52. The molecule has 1 aromatic rings. The third kappa shape index (κ3) is 3.26. The fourth-order valence-electron chi connectivity index (χ4n) is 1.96. The second-order valence-electron chi connectivity index (χ2n) is 4.21. The van der Waals surface area contributed by atoms with E-state index in [0.717, 1.165) is 19.5 Å². The second-order valence-corrected chi connectivity index (χ2v) is 5.06. The average molecular weight is 301 g/mol. The van der Waals surface area contributed by atoms with Crippen molar-refractivity contribution >= 4 is 27.5 Å². The van der Waals surface area contributed by atoms with E-state index in [9.17, 15) is 9.18 Å². The van der Waals surface area contributed by atoms with Crippen molar-refractivity contribution in [2.45, 2.75) is 12.8 Å². The van der Waals surface area contributed by atoms with Crippen molar-refractivity contribution in [3.05, 3.63) is 28.5 Å². The fraction of sp³-hybridized carbons (Fsp3) is 0.417. The van der Waals surface area contributed by atoms with Crippen molar-refractivity contribution in [2.75, 3.05) is 18.4 Å². The lowest BCUT2D eigenvalue weighted by Gasteiger charge is -2.11. The lowest BCUT2D eigenvalue weighted by Crippen LogP contribution is -2.19. The number of rotatable bonds is 3. The smallest absolute Gasteiger partial charge is 0.224 e. The summed E-state index contributed by atoms with van der Waals surface area (Å²) in [6, 6.07) is 4.63. The molecule has 1 atom stereocenters. The summed E-state index contributed by atoms with van der Waals surface area (Å²) in [5.74, 6) is -0.192. The van der Waals surface area contributed by atoms with E-state index in [0.29, 0.717) is 16.8 Å². The predicted octanol–water partition coefficient (Wildman–Crippen LogP) is 2.53. The first-order valence-corrected chi connectivity index (χ1v) is 6.40.